The molecule has 1 aromatic carbocycles. The van der Waals surface area contributed by atoms with Gasteiger partial charge in [0.25, 0.3) is 0 Å². The lowest BCUT2D eigenvalue weighted by molar-refractivity contribution is -0.134. The molecule has 5 nitrogen and oxygen atoms in total. The van der Waals surface area contributed by atoms with Crippen molar-refractivity contribution >= 4 is 16.8 Å². The van der Waals surface area contributed by atoms with Crippen LogP contribution in [0.4, 0.5) is 0 Å². The number of hydrogen-bond acceptors (Lipinski definition) is 2. The van der Waals surface area contributed by atoms with Gasteiger partial charge in [-0.2, -0.15) is 0 Å². The normalized spacial score (nSPS) is 19.7. The predicted molar refractivity (Wildman–Crippen MR) is 96.4 cm³/mol. The van der Waals surface area contributed by atoms with Gasteiger partial charge in [-0.1, -0.05) is 11.6 Å². The molecule has 1 atom stereocenters. The maximum absolute atomic E-state index is 13.3. The van der Waals surface area contributed by atoms with Crippen LogP contribution in [0.3, 0.4) is 0 Å². The average molecular weight is 334 g/mol. The van der Waals surface area contributed by atoms with Crippen molar-refractivity contribution in [3.63, 3.8) is 0 Å². The van der Waals surface area contributed by atoms with Crippen LogP contribution >= 0.6 is 0 Å². The summed E-state index contributed by atoms with van der Waals surface area (Å²) in [5.41, 5.74) is 7.11. The summed E-state index contributed by atoms with van der Waals surface area (Å²) < 4.78 is 0. The molecule has 0 saturated heterocycles. The minimum Gasteiger partial charge on any atom is -0.357 e. The third-order valence-electron chi connectivity index (χ3n) is 5.75. The van der Waals surface area contributed by atoms with Gasteiger partial charge in [-0.15, -0.1) is 0 Å². The fourth-order valence-corrected chi connectivity index (χ4v) is 4.44. The number of hydrogen-bond donors (Lipinski definition) is 2. The minimum absolute atomic E-state index is 0.0408. The zero-order valence-corrected chi connectivity index (χ0v) is 14.4. The predicted octanol–water partition coefficient (Wildman–Crippen LogP) is 3.20. The van der Waals surface area contributed by atoms with E-state index in [1.54, 1.807) is 6.33 Å². The second kappa shape index (κ2) is 5.48. The molecule has 1 amide bonds. The molecular formula is C20H22N4O. The van der Waals surface area contributed by atoms with E-state index in [-0.39, 0.29) is 11.8 Å². The maximum Gasteiger partial charge on any atom is 0.232 e. The largest absolute Gasteiger partial charge is 0.357 e. The molecule has 25 heavy (non-hydrogen) atoms. The van der Waals surface area contributed by atoms with Crippen molar-refractivity contribution in [2.45, 2.75) is 45.1 Å². The molecule has 0 spiro atoms. The highest BCUT2D eigenvalue weighted by atomic mass is 16.2. The first-order chi connectivity index (χ1) is 12.2. The fraction of sp³-hybridized carbons (Fsp3) is 0.400. The number of imidazole rings is 1. The Morgan fingerprint density at radius 1 is 1.32 bits per heavy atom. The van der Waals surface area contributed by atoms with Gasteiger partial charge in [0, 0.05) is 29.6 Å². The molecular weight excluding hydrogens is 312 g/mol. The highest BCUT2D eigenvalue weighted by Gasteiger charge is 2.34. The molecule has 128 valence electrons. The molecule has 0 fully saturated rings. The summed E-state index contributed by atoms with van der Waals surface area (Å²) in [6.45, 7) is 3.54. The van der Waals surface area contributed by atoms with Gasteiger partial charge >= 0.3 is 0 Å². The van der Waals surface area contributed by atoms with Crippen LogP contribution in [-0.2, 0) is 24.2 Å². The first kappa shape index (κ1) is 14.8. The number of aromatic amines is 2. The lowest BCUT2D eigenvalue weighted by Gasteiger charge is -2.31. The van der Waals surface area contributed by atoms with E-state index in [0.29, 0.717) is 6.54 Å². The Kier molecular flexibility index (Phi) is 3.23. The Morgan fingerprint density at radius 2 is 2.24 bits per heavy atom. The number of amides is 1. The number of rotatable bonds is 1. The van der Waals surface area contributed by atoms with Crippen molar-refractivity contribution < 1.29 is 4.79 Å². The molecule has 5 rings (SSSR count). The molecule has 1 unspecified atom stereocenters. The molecule has 2 aliphatic rings. The molecule has 2 aromatic heterocycles. The number of H-pyrrole nitrogens is 2. The molecule has 0 saturated carbocycles. The van der Waals surface area contributed by atoms with Crippen molar-refractivity contribution in [2.24, 2.45) is 0 Å². The van der Waals surface area contributed by atoms with E-state index < -0.39 is 0 Å². The van der Waals surface area contributed by atoms with Crippen LogP contribution in [-0.4, -0.2) is 32.3 Å². The standard InChI is InChI=1S/C20H22N4O/c1-12-5-6-16-15(9-12)13-3-2-4-14(19(13)23-16)20(25)24-8-7-17-18(10-24)22-11-21-17/h5-6,9,11,14,23H,2-4,7-8,10H2,1H3,(H,21,22). The summed E-state index contributed by atoms with van der Waals surface area (Å²) in [6, 6.07) is 6.52. The number of carbonyl (C=O) groups excluding carboxylic acids is 1. The zero-order chi connectivity index (χ0) is 17.0. The van der Waals surface area contributed by atoms with Crippen molar-refractivity contribution in [1.29, 1.82) is 0 Å². The number of nitrogens with zero attached hydrogens (tertiary/aromatic N) is 2. The topological polar surface area (TPSA) is 64.8 Å². The number of aromatic nitrogens is 3. The molecule has 3 aromatic rings. The van der Waals surface area contributed by atoms with Gasteiger partial charge in [0.05, 0.1) is 30.2 Å². The van der Waals surface area contributed by atoms with Crippen LogP contribution < -0.4 is 0 Å². The Bertz CT molecular complexity index is 967. The van der Waals surface area contributed by atoms with Crippen LogP contribution in [0.1, 0.15) is 47.0 Å². The molecule has 5 heteroatoms. The molecule has 1 aliphatic heterocycles. The van der Waals surface area contributed by atoms with Gasteiger partial charge in [-0.05, 0) is 43.9 Å². The lowest BCUT2D eigenvalue weighted by atomic mass is 9.85. The first-order valence-corrected chi connectivity index (χ1v) is 9.11. The average Bonchev–Trinajstić information content (AvgIpc) is 3.24. The lowest BCUT2D eigenvalue weighted by Crippen LogP contribution is -2.40. The van der Waals surface area contributed by atoms with E-state index in [9.17, 15) is 4.79 Å². The number of benzene rings is 1. The smallest absolute Gasteiger partial charge is 0.232 e. The molecule has 3 heterocycles. The van der Waals surface area contributed by atoms with E-state index in [0.717, 1.165) is 54.8 Å². The van der Waals surface area contributed by atoms with E-state index in [1.807, 2.05) is 4.90 Å². The molecule has 0 bridgehead atoms. The SMILES string of the molecule is Cc1ccc2[nH]c3c(c2c1)CCCC3C(=O)N1CCc2nc[nH]c2C1. The maximum atomic E-state index is 13.3. The minimum atomic E-state index is -0.0408. The third-order valence-corrected chi connectivity index (χ3v) is 5.75. The zero-order valence-electron chi connectivity index (χ0n) is 14.4. The number of aryl methyl sites for hydroxylation is 2. The number of fused-ring (bicyclic) bond motifs is 4. The summed E-state index contributed by atoms with van der Waals surface area (Å²) in [7, 11) is 0. The van der Waals surface area contributed by atoms with E-state index in [4.69, 9.17) is 0 Å². The van der Waals surface area contributed by atoms with Crippen LogP contribution in [0.25, 0.3) is 10.9 Å². The van der Waals surface area contributed by atoms with Crippen LogP contribution in [0.15, 0.2) is 24.5 Å². The Morgan fingerprint density at radius 3 is 3.16 bits per heavy atom. The quantitative estimate of drug-likeness (QED) is 0.718. The van der Waals surface area contributed by atoms with Gasteiger partial charge in [0.2, 0.25) is 5.91 Å². The second-order valence-corrected chi connectivity index (χ2v) is 7.35. The van der Waals surface area contributed by atoms with Crippen LogP contribution in [0.2, 0.25) is 0 Å². The fourth-order valence-electron chi connectivity index (χ4n) is 4.44. The summed E-state index contributed by atoms with van der Waals surface area (Å²) in [4.78, 5) is 26.3. The van der Waals surface area contributed by atoms with Crippen molar-refractivity contribution in [2.75, 3.05) is 6.54 Å². The molecule has 2 N–H and O–H groups in total. The van der Waals surface area contributed by atoms with Gasteiger partial charge in [0.1, 0.15) is 0 Å². The van der Waals surface area contributed by atoms with E-state index in [2.05, 4.69) is 40.1 Å². The van der Waals surface area contributed by atoms with Gasteiger partial charge < -0.3 is 14.9 Å². The summed E-state index contributed by atoms with van der Waals surface area (Å²) in [6.07, 6.45) is 5.65. The van der Waals surface area contributed by atoms with Crippen molar-refractivity contribution in [3.8, 4) is 0 Å². The summed E-state index contributed by atoms with van der Waals surface area (Å²) >= 11 is 0. The summed E-state index contributed by atoms with van der Waals surface area (Å²) in [5, 5.41) is 1.29. The van der Waals surface area contributed by atoms with Gasteiger partial charge in [-0.3, -0.25) is 4.79 Å². The highest BCUT2D eigenvalue weighted by Crippen LogP contribution is 2.38. The monoisotopic (exact) mass is 334 g/mol. The number of nitrogens with one attached hydrogen (secondary N) is 2. The van der Waals surface area contributed by atoms with Crippen molar-refractivity contribution in [1.82, 2.24) is 19.9 Å². The Balaban J connectivity index is 1.50. The Labute approximate surface area is 146 Å². The van der Waals surface area contributed by atoms with Crippen molar-refractivity contribution in [3.05, 3.63) is 52.7 Å². The molecule has 0 radical (unpaired) electrons. The third kappa shape index (κ3) is 2.29. The van der Waals surface area contributed by atoms with Gasteiger partial charge in [0.15, 0.2) is 0 Å². The van der Waals surface area contributed by atoms with Crippen LogP contribution in [0.5, 0.6) is 0 Å². The van der Waals surface area contributed by atoms with E-state index in [1.165, 1.54) is 16.5 Å². The highest BCUT2D eigenvalue weighted by molar-refractivity contribution is 5.91. The van der Waals surface area contributed by atoms with E-state index >= 15 is 0 Å². The van der Waals surface area contributed by atoms with Crippen LogP contribution in [0, 0.1) is 6.92 Å². The molecule has 1 aliphatic carbocycles. The first-order valence-electron chi connectivity index (χ1n) is 9.11. The number of carbonyl (C=O) groups is 1. The summed E-state index contributed by atoms with van der Waals surface area (Å²) in [5.74, 6) is 0.213. The second-order valence-electron chi connectivity index (χ2n) is 7.35. The Hall–Kier alpha value is -2.56. The van der Waals surface area contributed by atoms with Gasteiger partial charge in [-0.25, -0.2) is 4.98 Å².